The van der Waals surface area contributed by atoms with Crippen LogP contribution in [0.4, 0.5) is 0 Å². The number of hydrogen-bond acceptors (Lipinski definition) is 3. The van der Waals surface area contributed by atoms with Crippen molar-refractivity contribution in [1.82, 2.24) is 14.9 Å². The molecule has 1 aromatic carbocycles. The fourth-order valence-corrected chi connectivity index (χ4v) is 2.96. The Morgan fingerprint density at radius 1 is 1.26 bits per heavy atom. The van der Waals surface area contributed by atoms with E-state index in [0.717, 1.165) is 43.0 Å². The van der Waals surface area contributed by atoms with E-state index >= 15 is 0 Å². The molecule has 1 amide bonds. The van der Waals surface area contributed by atoms with Crippen molar-refractivity contribution in [2.45, 2.75) is 25.7 Å². The minimum atomic E-state index is 0.0735. The zero-order valence-corrected chi connectivity index (χ0v) is 13.4. The lowest BCUT2D eigenvalue weighted by molar-refractivity contribution is -0.127. The van der Waals surface area contributed by atoms with Crippen molar-refractivity contribution in [2.24, 2.45) is 0 Å². The zero-order chi connectivity index (χ0) is 16.1. The Balaban J connectivity index is 1.66. The Kier molecular flexibility index (Phi) is 4.81. The van der Waals surface area contributed by atoms with Crippen LogP contribution in [0.15, 0.2) is 48.7 Å². The van der Waals surface area contributed by atoms with Crippen molar-refractivity contribution in [3.8, 4) is 0 Å². The van der Waals surface area contributed by atoms with Gasteiger partial charge in [-0.25, -0.2) is 9.97 Å². The molecule has 0 spiro atoms. The quantitative estimate of drug-likeness (QED) is 0.818. The number of aryl methyl sites for hydroxylation is 1. The predicted octanol–water partition coefficient (Wildman–Crippen LogP) is 3.20. The van der Waals surface area contributed by atoms with Crippen LogP contribution in [-0.2, 0) is 4.79 Å². The van der Waals surface area contributed by atoms with Gasteiger partial charge < -0.3 is 4.90 Å². The van der Waals surface area contributed by atoms with E-state index in [2.05, 4.69) is 9.97 Å². The van der Waals surface area contributed by atoms with Gasteiger partial charge in [0.2, 0.25) is 5.91 Å². The summed E-state index contributed by atoms with van der Waals surface area (Å²) in [5.74, 6) is 1.17. The molecule has 0 saturated carbocycles. The molecule has 118 valence electrons. The molecular weight excluding hydrogens is 286 g/mol. The number of likely N-dealkylation sites (tertiary alicyclic amines) is 1. The van der Waals surface area contributed by atoms with Crippen molar-refractivity contribution in [3.63, 3.8) is 0 Å². The molecule has 2 heterocycles. The number of rotatable bonds is 3. The van der Waals surface area contributed by atoms with Crippen molar-refractivity contribution in [1.29, 1.82) is 0 Å². The first-order valence-corrected chi connectivity index (χ1v) is 8.04. The van der Waals surface area contributed by atoms with Crippen LogP contribution < -0.4 is 0 Å². The predicted molar refractivity (Wildman–Crippen MR) is 90.8 cm³/mol. The maximum atomic E-state index is 12.4. The third kappa shape index (κ3) is 4.03. The Hall–Kier alpha value is -2.49. The minimum Gasteiger partial charge on any atom is -0.338 e. The summed E-state index contributed by atoms with van der Waals surface area (Å²) in [5.41, 5.74) is 2.09. The topological polar surface area (TPSA) is 46.1 Å². The molecule has 1 saturated heterocycles. The number of carbonyl (C=O) groups is 1. The molecule has 3 rings (SSSR count). The molecular formula is C19H21N3O. The monoisotopic (exact) mass is 307 g/mol. The van der Waals surface area contributed by atoms with E-state index < -0.39 is 0 Å². The van der Waals surface area contributed by atoms with E-state index in [1.807, 2.05) is 54.3 Å². The van der Waals surface area contributed by atoms with Gasteiger partial charge in [0.25, 0.3) is 0 Å². The largest absolute Gasteiger partial charge is 0.338 e. The molecule has 1 aliphatic rings. The summed E-state index contributed by atoms with van der Waals surface area (Å²) in [4.78, 5) is 23.0. The second kappa shape index (κ2) is 7.18. The summed E-state index contributed by atoms with van der Waals surface area (Å²) in [5, 5.41) is 0. The molecule has 1 aromatic heterocycles. The van der Waals surface area contributed by atoms with Gasteiger partial charge in [0.1, 0.15) is 5.82 Å². The van der Waals surface area contributed by atoms with E-state index in [-0.39, 0.29) is 5.91 Å². The van der Waals surface area contributed by atoms with Crippen LogP contribution in [0.5, 0.6) is 0 Å². The lowest BCUT2D eigenvalue weighted by atomic mass is 9.94. The van der Waals surface area contributed by atoms with Gasteiger partial charge >= 0.3 is 0 Å². The lowest BCUT2D eigenvalue weighted by Crippen LogP contribution is -2.38. The van der Waals surface area contributed by atoms with E-state index in [0.29, 0.717) is 5.92 Å². The highest BCUT2D eigenvalue weighted by Gasteiger charge is 2.24. The molecule has 1 atom stereocenters. The van der Waals surface area contributed by atoms with Gasteiger partial charge in [0.05, 0.1) is 0 Å². The molecule has 4 heteroatoms. The Bertz CT molecular complexity index is 697. The number of aromatic nitrogens is 2. The molecule has 0 aliphatic carbocycles. The van der Waals surface area contributed by atoms with E-state index in [4.69, 9.17) is 0 Å². The maximum absolute atomic E-state index is 12.4. The van der Waals surface area contributed by atoms with Crippen LogP contribution in [0, 0.1) is 6.92 Å². The highest BCUT2D eigenvalue weighted by molar-refractivity contribution is 5.91. The molecule has 23 heavy (non-hydrogen) atoms. The molecule has 0 bridgehead atoms. The van der Waals surface area contributed by atoms with Gasteiger partial charge in [-0.1, -0.05) is 30.3 Å². The molecule has 1 aliphatic heterocycles. The summed E-state index contributed by atoms with van der Waals surface area (Å²) < 4.78 is 0. The van der Waals surface area contributed by atoms with Gasteiger partial charge in [-0.3, -0.25) is 4.79 Å². The van der Waals surface area contributed by atoms with Crippen LogP contribution >= 0.6 is 0 Å². The first-order chi connectivity index (χ1) is 11.2. The molecule has 2 aromatic rings. The average molecular weight is 307 g/mol. The lowest BCUT2D eigenvalue weighted by Gasteiger charge is -2.31. The van der Waals surface area contributed by atoms with E-state index in [1.165, 1.54) is 0 Å². The smallest absolute Gasteiger partial charge is 0.246 e. The number of piperidine rings is 1. The Morgan fingerprint density at radius 2 is 2.09 bits per heavy atom. The fraction of sp³-hybridized carbons (Fsp3) is 0.316. The number of benzene rings is 1. The second-order valence-corrected chi connectivity index (χ2v) is 5.90. The molecule has 0 N–H and O–H groups in total. The summed E-state index contributed by atoms with van der Waals surface area (Å²) in [6, 6.07) is 11.9. The second-order valence-electron chi connectivity index (χ2n) is 5.90. The van der Waals surface area contributed by atoms with Crippen molar-refractivity contribution in [2.75, 3.05) is 13.1 Å². The van der Waals surface area contributed by atoms with E-state index in [1.54, 1.807) is 12.3 Å². The van der Waals surface area contributed by atoms with Crippen LogP contribution in [0.25, 0.3) is 6.08 Å². The summed E-state index contributed by atoms with van der Waals surface area (Å²) in [7, 11) is 0. The fourth-order valence-electron chi connectivity index (χ4n) is 2.96. The van der Waals surface area contributed by atoms with Gasteiger partial charge in [0, 0.05) is 37.0 Å². The van der Waals surface area contributed by atoms with Gasteiger partial charge in [-0.2, -0.15) is 0 Å². The molecule has 0 unspecified atom stereocenters. The van der Waals surface area contributed by atoms with E-state index in [9.17, 15) is 4.79 Å². The molecule has 1 fully saturated rings. The minimum absolute atomic E-state index is 0.0735. The standard InChI is InChI=1S/C19H21N3O/c1-15-20-12-11-18(21-15)17-8-5-13-22(14-17)19(23)10-9-16-6-3-2-4-7-16/h2-4,6-7,9-12,17H,5,8,13-14H2,1H3/b10-9+/t17-/m0/s1. The highest BCUT2D eigenvalue weighted by atomic mass is 16.2. The maximum Gasteiger partial charge on any atom is 0.246 e. The average Bonchev–Trinajstić information content (AvgIpc) is 2.61. The Labute approximate surface area is 136 Å². The molecule has 0 radical (unpaired) electrons. The zero-order valence-electron chi connectivity index (χ0n) is 13.4. The highest BCUT2D eigenvalue weighted by Crippen LogP contribution is 2.25. The normalized spacial score (nSPS) is 18.3. The summed E-state index contributed by atoms with van der Waals surface area (Å²) in [6.45, 7) is 3.45. The third-order valence-corrected chi connectivity index (χ3v) is 4.17. The number of hydrogen-bond donors (Lipinski definition) is 0. The number of amides is 1. The Morgan fingerprint density at radius 3 is 2.87 bits per heavy atom. The first kappa shape index (κ1) is 15.4. The number of carbonyl (C=O) groups excluding carboxylic acids is 1. The van der Waals surface area contributed by atoms with Crippen LogP contribution in [0.2, 0.25) is 0 Å². The summed E-state index contributed by atoms with van der Waals surface area (Å²) in [6.07, 6.45) is 7.43. The van der Waals surface area contributed by atoms with Gasteiger partial charge in [0.15, 0.2) is 0 Å². The number of nitrogens with zero attached hydrogens (tertiary/aromatic N) is 3. The van der Waals surface area contributed by atoms with Crippen LogP contribution in [0.1, 0.15) is 35.8 Å². The van der Waals surface area contributed by atoms with Gasteiger partial charge in [-0.15, -0.1) is 0 Å². The van der Waals surface area contributed by atoms with Crippen LogP contribution in [0.3, 0.4) is 0 Å². The molecule has 4 nitrogen and oxygen atoms in total. The van der Waals surface area contributed by atoms with Crippen LogP contribution in [-0.4, -0.2) is 33.9 Å². The SMILES string of the molecule is Cc1nccc([C@H]2CCCN(C(=O)/C=C/c3ccccc3)C2)n1. The van der Waals surface area contributed by atoms with Crippen molar-refractivity contribution in [3.05, 3.63) is 65.8 Å². The summed E-state index contributed by atoms with van der Waals surface area (Å²) >= 11 is 0. The van der Waals surface area contributed by atoms with Crippen molar-refractivity contribution >= 4 is 12.0 Å². The first-order valence-electron chi connectivity index (χ1n) is 8.04. The van der Waals surface area contributed by atoms with Gasteiger partial charge in [-0.05, 0) is 37.5 Å². The third-order valence-electron chi connectivity index (χ3n) is 4.17. The van der Waals surface area contributed by atoms with Crippen molar-refractivity contribution < 1.29 is 4.79 Å².